The fourth-order valence-corrected chi connectivity index (χ4v) is 3.42. The summed E-state index contributed by atoms with van der Waals surface area (Å²) in [4.78, 5) is 0. The summed E-state index contributed by atoms with van der Waals surface area (Å²) in [6, 6.07) is 6.29. The SMILES string of the molecule is CCCCCc1ccc(CCCCC)c(OC(C)CS(=O)(=O)O)c1. The maximum Gasteiger partial charge on any atom is 0.268 e. The zero-order chi connectivity index (χ0) is 18.0. The molecule has 138 valence electrons. The Morgan fingerprint density at radius 1 is 1.04 bits per heavy atom. The minimum atomic E-state index is -4.03. The number of hydrogen-bond donors (Lipinski definition) is 1. The molecular formula is C19H32O4S. The predicted molar refractivity (Wildman–Crippen MR) is 99.4 cm³/mol. The Morgan fingerprint density at radius 2 is 1.67 bits per heavy atom. The van der Waals surface area contributed by atoms with E-state index in [9.17, 15) is 8.42 Å². The highest BCUT2D eigenvalue weighted by Crippen LogP contribution is 2.25. The number of ether oxygens (including phenoxy) is 1. The standard InChI is InChI=1S/C19H32O4S/c1-4-6-8-10-17-12-13-18(11-9-7-5-2)19(14-17)23-16(3)15-24(20,21)22/h12-14,16H,4-11,15H2,1-3H3,(H,20,21,22). The topological polar surface area (TPSA) is 63.6 Å². The summed E-state index contributed by atoms with van der Waals surface area (Å²) in [6.45, 7) is 6.03. The molecule has 24 heavy (non-hydrogen) atoms. The second kappa shape index (κ2) is 10.7. The largest absolute Gasteiger partial charge is 0.489 e. The molecule has 0 aliphatic carbocycles. The molecule has 0 aliphatic heterocycles. The van der Waals surface area contributed by atoms with E-state index < -0.39 is 16.2 Å². The Bertz CT molecular complexity index is 581. The lowest BCUT2D eigenvalue weighted by Gasteiger charge is -2.18. The highest BCUT2D eigenvalue weighted by molar-refractivity contribution is 7.85. The van der Waals surface area contributed by atoms with E-state index in [2.05, 4.69) is 26.0 Å². The van der Waals surface area contributed by atoms with Crippen molar-refractivity contribution >= 4 is 10.1 Å². The molecule has 0 saturated carbocycles. The van der Waals surface area contributed by atoms with Crippen molar-refractivity contribution in [2.45, 2.75) is 78.2 Å². The second-order valence-electron chi connectivity index (χ2n) is 6.53. The van der Waals surface area contributed by atoms with Crippen LogP contribution in [-0.4, -0.2) is 24.8 Å². The van der Waals surface area contributed by atoms with Crippen LogP contribution in [0.3, 0.4) is 0 Å². The molecule has 0 fully saturated rings. The molecule has 1 N–H and O–H groups in total. The first-order valence-corrected chi connectivity index (χ1v) is 10.7. The Hall–Kier alpha value is -1.07. The quantitative estimate of drug-likeness (QED) is 0.431. The van der Waals surface area contributed by atoms with Gasteiger partial charge in [0.25, 0.3) is 10.1 Å². The van der Waals surface area contributed by atoms with Crippen molar-refractivity contribution in [3.8, 4) is 5.75 Å². The third kappa shape index (κ3) is 8.69. The monoisotopic (exact) mass is 356 g/mol. The van der Waals surface area contributed by atoms with Crippen LogP contribution >= 0.6 is 0 Å². The highest BCUT2D eigenvalue weighted by Gasteiger charge is 2.16. The molecule has 4 nitrogen and oxygen atoms in total. The van der Waals surface area contributed by atoms with Gasteiger partial charge in [-0.2, -0.15) is 8.42 Å². The maximum atomic E-state index is 11.0. The van der Waals surface area contributed by atoms with Crippen LogP contribution < -0.4 is 4.74 Å². The third-order valence-corrected chi connectivity index (χ3v) is 4.91. The first kappa shape index (κ1) is 21.0. The van der Waals surface area contributed by atoms with Crippen LogP contribution in [0.4, 0.5) is 0 Å². The van der Waals surface area contributed by atoms with E-state index in [1.54, 1.807) is 6.92 Å². The number of aryl methyl sites for hydroxylation is 2. The summed E-state index contributed by atoms with van der Waals surface area (Å²) in [5, 5.41) is 0. The van der Waals surface area contributed by atoms with Gasteiger partial charge in [-0.25, -0.2) is 0 Å². The van der Waals surface area contributed by atoms with Crippen molar-refractivity contribution in [3.63, 3.8) is 0 Å². The molecule has 0 amide bonds. The van der Waals surface area contributed by atoms with Gasteiger partial charge in [0.2, 0.25) is 0 Å². The van der Waals surface area contributed by atoms with Crippen LogP contribution in [0.15, 0.2) is 18.2 Å². The van der Waals surface area contributed by atoms with Gasteiger partial charge in [0.15, 0.2) is 0 Å². The van der Waals surface area contributed by atoms with Crippen molar-refractivity contribution in [3.05, 3.63) is 29.3 Å². The van der Waals surface area contributed by atoms with E-state index in [-0.39, 0.29) is 5.75 Å². The molecule has 0 bridgehead atoms. The molecule has 1 atom stereocenters. The van der Waals surface area contributed by atoms with Crippen molar-refractivity contribution in [1.82, 2.24) is 0 Å². The van der Waals surface area contributed by atoms with Crippen LogP contribution in [0, 0.1) is 0 Å². The smallest absolute Gasteiger partial charge is 0.268 e. The molecule has 1 aromatic rings. The van der Waals surface area contributed by atoms with Crippen LogP contribution in [0.25, 0.3) is 0 Å². The predicted octanol–water partition coefficient (Wildman–Crippen LogP) is 4.81. The number of hydrogen-bond acceptors (Lipinski definition) is 3. The molecule has 0 heterocycles. The summed E-state index contributed by atoms with van der Waals surface area (Å²) in [5.41, 5.74) is 2.33. The zero-order valence-corrected chi connectivity index (χ0v) is 16.1. The summed E-state index contributed by atoms with van der Waals surface area (Å²) in [7, 11) is -4.03. The van der Waals surface area contributed by atoms with E-state index >= 15 is 0 Å². The van der Waals surface area contributed by atoms with Gasteiger partial charge in [-0.1, -0.05) is 51.7 Å². The van der Waals surface area contributed by atoms with Crippen LogP contribution in [0.2, 0.25) is 0 Å². The first-order chi connectivity index (χ1) is 11.4. The maximum absolute atomic E-state index is 11.0. The Labute approximate surface area is 147 Å². The molecule has 0 spiro atoms. The molecule has 5 heteroatoms. The average Bonchev–Trinajstić information content (AvgIpc) is 2.48. The number of benzene rings is 1. The first-order valence-electron chi connectivity index (χ1n) is 9.09. The molecule has 1 unspecified atom stereocenters. The van der Waals surface area contributed by atoms with Gasteiger partial charge >= 0.3 is 0 Å². The fraction of sp³-hybridized carbons (Fsp3) is 0.684. The second-order valence-corrected chi connectivity index (χ2v) is 8.03. The van der Waals surface area contributed by atoms with E-state index in [1.807, 2.05) is 6.07 Å². The molecule has 0 radical (unpaired) electrons. The van der Waals surface area contributed by atoms with Crippen molar-refractivity contribution < 1.29 is 17.7 Å². The molecule has 0 saturated heterocycles. The minimum Gasteiger partial charge on any atom is -0.489 e. The summed E-state index contributed by atoms with van der Waals surface area (Å²) in [5.74, 6) is 0.373. The van der Waals surface area contributed by atoms with Gasteiger partial charge in [0.1, 0.15) is 17.6 Å². The number of unbranched alkanes of at least 4 members (excludes halogenated alkanes) is 4. The highest BCUT2D eigenvalue weighted by atomic mass is 32.2. The molecule has 0 aromatic heterocycles. The van der Waals surface area contributed by atoms with Crippen molar-refractivity contribution in [1.29, 1.82) is 0 Å². The van der Waals surface area contributed by atoms with Gasteiger partial charge in [-0.15, -0.1) is 0 Å². The van der Waals surface area contributed by atoms with Gasteiger partial charge in [-0.3, -0.25) is 4.55 Å². The van der Waals surface area contributed by atoms with Crippen molar-refractivity contribution in [2.24, 2.45) is 0 Å². The normalized spacial score (nSPS) is 13.0. The van der Waals surface area contributed by atoms with E-state index in [1.165, 1.54) is 18.4 Å². The van der Waals surface area contributed by atoms with Crippen LogP contribution in [0.1, 0.15) is 70.4 Å². The lowest BCUT2D eigenvalue weighted by atomic mass is 10.0. The molecule has 1 rings (SSSR count). The van der Waals surface area contributed by atoms with Gasteiger partial charge in [0, 0.05) is 0 Å². The number of rotatable bonds is 12. The summed E-state index contributed by atoms with van der Waals surface area (Å²) < 4.78 is 36.9. The summed E-state index contributed by atoms with van der Waals surface area (Å²) in [6.07, 6.45) is 8.31. The Morgan fingerprint density at radius 3 is 2.25 bits per heavy atom. The molecular weight excluding hydrogens is 324 g/mol. The van der Waals surface area contributed by atoms with Gasteiger partial charge in [-0.05, 0) is 49.8 Å². The van der Waals surface area contributed by atoms with Crippen LogP contribution in [-0.2, 0) is 23.0 Å². The molecule has 1 aromatic carbocycles. The van der Waals surface area contributed by atoms with E-state index in [0.717, 1.165) is 49.8 Å². The van der Waals surface area contributed by atoms with Gasteiger partial charge < -0.3 is 4.74 Å². The molecule has 0 aliphatic rings. The summed E-state index contributed by atoms with van der Waals surface area (Å²) >= 11 is 0. The lowest BCUT2D eigenvalue weighted by Crippen LogP contribution is -2.23. The zero-order valence-electron chi connectivity index (χ0n) is 15.3. The van der Waals surface area contributed by atoms with Crippen LogP contribution in [0.5, 0.6) is 5.75 Å². The van der Waals surface area contributed by atoms with Crippen molar-refractivity contribution in [2.75, 3.05) is 5.75 Å². The minimum absolute atomic E-state index is 0.387. The lowest BCUT2D eigenvalue weighted by molar-refractivity contribution is 0.238. The van der Waals surface area contributed by atoms with E-state index in [4.69, 9.17) is 9.29 Å². The fourth-order valence-electron chi connectivity index (χ4n) is 2.76. The Kier molecular flexibility index (Phi) is 9.37. The average molecular weight is 357 g/mol. The Balaban J connectivity index is 2.85. The van der Waals surface area contributed by atoms with Gasteiger partial charge in [0.05, 0.1) is 0 Å². The van der Waals surface area contributed by atoms with E-state index in [0.29, 0.717) is 0 Å². The third-order valence-electron chi connectivity index (χ3n) is 4.02.